The third kappa shape index (κ3) is 3.77. The van der Waals surface area contributed by atoms with Crippen molar-refractivity contribution in [3.8, 4) is 17.0 Å². The normalized spacial score (nSPS) is 10.9. The second-order valence-electron chi connectivity index (χ2n) is 6.58. The van der Waals surface area contributed by atoms with Gasteiger partial charge in [0.1, 0.15) is 5.75 Å². The zero-order valence-electron chi connectivity index (χ0n) is 15.8. The van der Waals surface area contributed by atoms with Crippen LogP contribution in [0.25, 0.3) is 22.2 Å². The molecule has 4 rings (SSSR count). The predicted octanol–water partition coefficient (Wildman–Crippen LogP) is 5.18. The third-order valence-electron chi connectivity index (χ3n) is 4.66. The van der Waals surface area contributed by atoms with E-state index in [0.29, 0.717) is 18.0 Å². The van der Waals surface area contributed by atoms with E-state index in [4.69, 9.17) is 4.74 Å². The molecule has 0 aliphatic heterocycles. The van der Waals surface area contributed by atoms with Crippen molar-refractivity contribution >= 4 is 33.3 Å². The minimum Gasteiger partial charge on any atom is -0.497 e. The lowest BCUT2D eigenvalue weighted by molar-refractivity contribution is -0.116. The van der Waals surface area contributed by atoms with E-state index in [0.717, 1.165) is 38.4 Å². The summed E-state index contributed by atoms with van der Waals surface area (Å²) in [4.78, 5) is 21.2. The number of aromatic amines is 1. The Morgan fingerprint density at radius 1 is 1.18 bits per heavy atom. The number of carbonyl (C=O) groups excluding carboxylic acids is 1. The topological polar surface area (TPSA) is 67.0 Å². The molecule has 4 aromatic rings. The summed E-state index contributed by atoms with van der Waals surface area (Å²) < 4.78 is 5.26. The molecule has 6 heteroatoms. The first-order valence-corrected chi connectivity index (χ1v) is 9.92. The number of aryl methyl sites for hydroxylation is 2. The molecular formula is C22H21N3O2S. The summed E-state index contributed by atoms with van der Waals surface area (Å²) in [6.45, 7) is 1.97. The van der Waals surface area contributed by atoms with Gasteiger partial charge in [-0.25, -0.2) is 4.98 Å². The molecule has 0 bridgehead atoms. The van der Waals surface area contributed by atoms with Crippen molar-refractivity contribution in [1.82, 2.24) is 9.97 Å². The number of aromatic nitrogens is 2. The number of carbonyl (C=O) groups is 1. The number of rotatable bonds is 6. The maximum Gasteiger partial charge on any atom is 0.226 e. The molecule has 2 aromatic heterocycles. The smallest absolute Gasteiger partial charge is 0.226 e. The van der Waals surface area contributed by atoms with Crippen molar-refractivity contribution in [3.63, 3.8) is 0 Å². The Morgan fingerprint density at radius 2 is 1.96 bits per heavy atom. The number of para-hydroxylation sites is 1. The summed E-state index contributed by atoms with van der Waals surface area (Å²) in [5.41, 5.74) is 4.33. The predicted molar refractivity (Wildman–Crippen MR) is 114 cm³/mol. The van der Waals surface area contributed by atoms with Gasteiger partial charge in [-0.05, 0) is 54.8 Å². The highest BCUT2D eigenvalue weighted by atomic mass is 32.1. The monoisotopic (exact) mass is 391 g/mol. The summed E-state index contributed by atoms with van der Waals surface area (Å²) in [5.74, 6) is 0.792. The molecule has 1 amide bonds. The second kappa shape index (κ2) is 7.86. The van der Waals surface area contributed by atoms with Crippen LogP contribution in [0.3, 0.4) is 0 Å². The van der Waals surface area contributed by atoms with Gasteiger partial charge < -0.3 is 15.0 Å². The van der Waals surface area contributed by atoms with Crippen LogP contribution in [-0.4, -0.2) is 23.0 Å². The number of hydrogen-bond acceptors (Lipinski definition) is 4. The highest BCUT2D eigenvalue weighted by molar-refractivity contribution is 7.15. The lowest BCUT2D eigenvalue weighted by Gasteiger charge is -2.07. The van der Waals surface area contributed by atoms with Crippen molar-refractivity contribution < 1.29 is 9.53 Å². The third-order valence-corrected chi connectivity index (χ3v) is 5.49. The molecule has 0 atom stereocenters. The molecule has 2 aromatic carbocycles. The van der Waals surface area contributed by atoms with Crippen LogP contribution < -0.4 is 10.1 Å². The zero-order valence-corrected chi connectivity index (χ0v) is 16.6. The van der Waals surface area contributed by atoms with E-state index in [9.17, 15) is 4.79 Å². The largest absolute Gasteiger partial charge is 0.497 e. The molecule has 2 heterocycles. The molecule has 5 nitrogen and oxygen atoms in total. The van der Waals surface area contributed by atoms with E-state index in [-0.39, 0.29) is 5.91 Å². The lowest BCUT2D eigenvalue weighted by Crippen LogP contribution is -2.12. The number of anilines is 1. The molecule has 0 spiro atoms. The molecule has 0 radical (unpaired) electrons. The fourth-order valence-electron chi connectivity index (χ4n) is 3.30. The SMILES string of the molecule is COc1ccc(-c2[nH]c3ccccc3c2CCC(=O)Nc2ncc(C)s2)cc1. The minimum atomic E-state index is -0.0275. The maximum atomic E-state index is 12.4. The van der Waals surface area contributed by atoms with Gasteiger partial charge in [0, 0.05) is 34.1 Å². The number of hydrogen-bond donors (Lipinski definition) is 2. The summed E-state index contributed by atoms with van der Waals surface area (Å²) in [6, 6.07) is 16.1. The van der Waals surface area contributed by atoms with Gasteiger partial charge >= 0.3 is 0 Å². The van der Waals surface area contributed by atoms with Gasteiger partial charge in [-0.2, -0.15) is 0 Å². The quantitative estimate of drug-likeness (QED) is 0.476. The maximum absolute atomic E-state index is 12.4. The standard InChI is InChI=1S/C22H21N3O2S/c1-14-13-23-22(28-14)25-20(26)12-11-18-17-5-3-4-6-19(17)24-21(18)15-7-9-16(27-2)10-8-15/h3-10,13,24H,11-12H2,1-2H3,(H,23,25,26). The van der Waals surface area contributed by atoms with E-state index in [2.05, 4.69) is 27.4 Å². The van der Waals surface area contributed by atoms with Crippen LogP contribution in [0.5, 0.6) is 5.75 Å². The molecule has 0 fully saturated rings. The Labute approximate surface area is 167 Å². The summed E-state index contributed by atoms with van der Waals surface area (Å²) in [5, 5.41) is 4.68. The molecular weight excluding hydrogens is 370 g/mol. The number of thiazole rings is 1. The first kappa shape index (κ1) is 18.3. The van der Waals surface area contributed by atoms with Gasteiger partial charge in [-0.3, -0.25) is 4.79 Å². The van der Waals surface area contributed by atoms with Crippen molar-refractivity contribution in [2.24, 2.45) is 0 Å². The Kier molecular flexibility index (Phi) is 5.12. The fourth-order valence-corrected chi connectivity index (χ4v) is 3.98. The number of nitrogens with zero attached hydrogens (tertiary/aromatic N) is 1. The van der Waals surface area contributed by atoms with E-state index in [1.165, 1.54) is 11.3 Å². The van der Waals surface area contributed by atoms with Crippen molar-refractivity contribution in [3.05, 3.63) is 65.2 Å². The van der Waals surface area contributed by atoms with E-state index in [1.54, 1.807) is 13.3 Å². The van der Waals surface area contributed by atoms with Gasteiger partial charge in [0.15, 0.2) is 5.13 Å². The molecule has 142 valence electrons. The average molecular weight is 391 g/mol. The number of nitrogens with one attached hydrogen (secondary N) is 2. The first-order chi connectivity index (χ1) is 13.6. The molecule has 0 unspecified atom stereocenters. The Morgan fingerprint density at radius 3 is 2.68 bits per heavy atom. The Hall–Kier alpha value is -3.12. The van der Waals surface area contributed by atoms with E-state index in [1.807, 2.05) is 43.3 Å². The number of ether oxygens (including phenoxy) is 1. The lowest BCUT2D eigenvalue weighted by atomic mass is 10.0. The molecule has 0 aliphatic carbocycles. The van der Waals surface area contributed by atoms with Crippen LogP contribution in [0.15, 0.2) is 54.7 Å². The second-order valence-corrected chi connectivity index (χ2v) is 7.81. The van der Waals surface area contributed by atoms with Crippen LogP contribution in [0.1, 0.15) is 16.9 Å². The summed E-state index contributed by atoms with van der Waals surface area (Å²) in [7, 11) is 1.66. The van der Waals surface area contributed by atoms with Crippen LogP contribution in [0.2, 0.25) is 0 Å². The highest BCUT2D eigenvalue weighted by Crippen LogP contribution is 2.32. The first-order valence-electron chi connectivity index (χ1n) is 9.10. The fraction of sp³-hybridized carbons (Fsp3) is 0.182. The van der Waals surface area contributed by atoms with Crippen LogP contribution >= 0.6 is 11.3 Å². The summed E-state index contributed by atoms with van der Waals surface area (Å²) >= 11 is 1.48. The molecule has 28 heavy (non-hydrogen) atoms. The number of H-pyrrole nitrogens is 1. The summed E-state index contributed by atoms with van der Waals surface area (Å²) in [6.07, 6.45) is 2.80. The van der Waals surface area contributed by atoms with Crippen molar-refractivity contribution in [1.29, 1.82) is 0 Å². The van der Waals surface area contributed by atoms with Crippen molar-refractivity contribution in [2.75, 3.05) is 12.4 Å². The highest BCUT2D eigenvalue weighted by Gasteiger charge is 2.15. The molecule has 0 aliphatic rings. The number of methoxy groups -OCH3 is 1. The number of amides is 1. The Balaban J connectivity index is 1.60. The van der Waals surface area contributed by atoms with Gasteiger partial charge in [-0.15, -0.1) is 11.3 Å². The molecule has 0 saturated heterocycles. The number of fused-ring (bicyclic) bond motifs is 1. The van der Waals surface area contributed by atoms with Crippen LogP contribution in [0.4, 0.5) is 5.13 Å². The van der Waals surface area contributed by atoms with E-state index >= 15 is 0 Å². The zero-order chi connectivity index (χ0) is 19.5. The Bertz CT molecular complexity index is 1110. The average Bonchev–Trinajstić information content (AvgIpc) is 3.29. The minimum absolute atomic E-state index is 0.0275. The molecule has 2 N–H and O–H groups in total. The van der Waals surface area contributed by atoms with Gasteiger partial charge in [-0.1, -0.05) is 18.2 Å². The van der Waals surface area contributed by atoms with Crippen molar-refractivity contribution in [2.45, 2.75) is 19.8 Å². The van der Waals surface area contributed by atoms with Gasteiger partial charge in [0.2, 0.25) is 5.91 Å². The van der Waals surface area contributed by atoms with Gasteiger partial charge in [0.05, 0.1) is 7.11 Å². The van der Waals surface area contributed by atoms with Crippen LogP contribution in [-0.2, 0) is 11.2 Å². The number of benzene rings is 2. The van der Waals surface area contributed by atoms with E-state index < -0.39 is 0 Å². The molecule has 0 saturated carbocycles. The van der Waals surface area contributed by atoms with Crippen LogP contribution in [0, 0.1) is 6.92 Å². The van der Waals surface area contributed by atoms with Gasteiger partial charge in [0.25, 0.3) is 0 Å².